The zero-order valence-corrected chi connectivity index (χ0v) is 21.2. The van der Waals surface area contributed by atoms with E-state index in [1.54, 1.807) is 24.7 Å². The predicted molar refractivity (Wildman–Crippen MR) is 131 cm³/mol. The third-order valence-electron chi connectivity index (χ3n) is 6.55. The molecule has 1 amide bonds. The van der Waals surface area contributed by atoms with Crippen LogP contribution >= 0.6 is 0 Å². The summed E-state index contributed by atoms with van der Waals surface area (Å²) in [5.74, 6) is -0.573. The molecule has 1 aromatic carbocycles. The Hall–Kier alpha value is -2.98. The molecular formula is C23H33N5O4Si. The number of nitrogens with two attached hydrogens (primary N) is 1. The number of hydrogen-bond acceptors (Lipinski definition) is 5. The van der Waals surface area contributed by atoms with Crippen LogP contribution in [0.2, 0.25) is 18.1 Å². The van der Waals surface area contributed by atoms with Crippen LogP contribution in [0, 0.1) is 17.0 Å². The molecule has 3 rings (SSSR count). The third-order valence-corrected chi connectivity index (χ3v) is 11.0. The van der Waals surface area contributed by atoms with Crippen molar-refractivity contribution in [3.63, 3.8) is 0 Å². The highest BCUT2D eigenvalue weighted by atomic mass is 28.4. The summed E-state index contributed by atoms with van der Waals surface area (Å²) in [6.45, 7) is 13.6. The fourth-order valence-electron chi connectivity index (χ4n) is 3.61. The van der Waals surface area contributed by atoms with Crippen molar-refractivity contribution in [2.45, 2.75) is 71.4 Å². The normalized spacial score (nSPS) is 13.4. The van der Waals surface area contributed by atoms with Crippen molar-refractivity contribution in [1.82, 2.24) is 14.1 Å². The molecule has 2 N–H and O–H groups in total. The van der Waals surface area contributed by atoms with E-state index in [-0.39, 0.29) is 27.6 Å². The van der Waals surface area contributed by atoms with Crippen LogP contribution in [0.1, 0.15) is 55.9 Å². The van der Waals surface area contributed by atoms with Gasteiger partial charge in [-0.3, -0.25) is 14.9 Å². The molecule has 3 aromatic rings. The molecule has 0 saturated carbocycles. The van der Waals surface area contributed by atoms with Gasteiger partial charge in [-0.05, 0) is 49.5 Å². The van der Waals surface area contributed by atoms with Crippen molar-refractivity contribution in [3.8, 4) is 0 Å². The summed E-state index contributed by atoms with van der Waals surface area (Å²) < 4.78 is 10.6. The standard InChI is InChI=1S/C23H33N5O4Si/c1-16-13-26(20-12-17(28(30)31)9-10-18(16)20)11-7-8-21(32-33(5,6)23(2,3)4)27-14-19(22(24)29)25-15-27/h9-10,12-15,21H,7-8,11H2,1-6H3,(H2,24,29). The number of carbonyl (C=O) groups is 1. The van der Waals surface area contributed by atoms with Crippen molar-refractivity contribution in [2.24, 2.45) is 5.73 Å². The summed E-state index contributed by atoms with van der Waals surface area (Å²) >= 11 is 0. The number of amides is 1. The number of hydrogen-bond donors (Lipinski definition) is 1. The zero-order chi connectivity index (χ0) is 24.6. The summed E-state index contributed by atoms with van der Waals surface area (Å²) in [5, 5.41) is 12.3. The van der Waals surface area contributed by atoms with Crippen LogP contribution < -0.4 is 5.73 Å². The van der Waals surface area contributed by atoms with Gasteiger partial charge in [-0.1, -0.05) is 20.8 Å². The second-order valence-electron chi connectivity index (χ2n) is 10.0. The second-order valence-corrected chi connectivity index (χ2v) is 14.8. The molecule has 0 spiro atoms. The first kappa shape index (κ1) is 24.7. The molecule has 0 fully saturated rings. The smallest absolute Gasteiger partial charge is 0.271 e. The number of carbonyl (C=O) groups excluding carboxylic acids is 1. The minimum absolute atomic E-state index is 0.0189. The molecule has 1 unspecified atom stereocenters. The van der Waals surface area contributed by atoms with Gasteiger partial charge in [0.2, 0.25) is 0 Å². The number of imidazole rings is 1. The molecule has 0 bridgehead atoms. The monoisotopic (exact) mass is 471 g/mol. The van der Waals surface area contributed by atoms with E-state index in [9.17, 15) is 14.9 Å². The number of nitro groups is 1. The highest BCUT2D eigenvalue weighted by Crippen LogP contribution is 2.39. The molecule has 0 radical (unpaired) electrons. The average Bonchev–Trinajstić information content (AvgIpc) is 3.32. The van der Waals surface area contributed by atoms with Gasteiger partial charge in [-0.2, -0.15) is 0 Å². The number of nitrogens with zero attached hydrogens (tertiary/aromatic N) is 4. The molecule has 2 heterocycles. The van der Waals surface area contributed by atoms with Gasteiger partial charge in [0.25, 0.3) is 11.6 Å². The lowest BCUT2D eigenvalue weighted by atomic mass is 10.2. The largest absolute Gasteiger partial charge is 0.397 e. The third kappa shape index (κ3) is 5.33. The van der Waals surface area contributed by atoms with E-state index in [0.717, 1.165) is 22.9 Å². The molecule has 0 aliphatic rings. The minimum atomic E-state index is -2.10. The fourth-order valence-corrected chi connectivity index (χ4v) is 4.88. The quantitative estimate of drug-likeness (QED) is 0.263. The number of primary amides is 1. The molecule has 0 aliphatic carbocycles. The van der Waals surface area contributed by atoms with Gasteiger partial charge >= 0.3 is 0 Å². The van der Waals surface area contributed by atoms with Crippen molar-refractivity contribution >= 4 is 30.8 Å². The number of rotatable bonds is 9. The Kier molecular flexibility index (Phi) is 6.80. The number of benzene rings is 1. The van der Waals surface area contributed by atoms with Crippen LogP contribution in [0.15, 0.2) is 36.9 Å². The first-order valence-corrected chi connectivity index (χ1v) is 14.0. The summed E-state index contributed by atoms with van der Waals surface area (Å²) in [7, 11) is -2.10. The van der Waals surface area contributed by atoms with Crippen LogP contribution in [0.25, 0.3) is 10.9 Å². The molecule has 0 saturated heterocycles. The molecule has 0 aliphatic heterocycles. The Morgan fingerprint density at radius 3 is 2.58 bits per heavy atom. The number of non-ortho nitro benzene ring substituents is 1. The van der Waals surface area contributed by atoms with Crippen molar-refractivity contribution in [3.05, 3.63) is 58.3 Å². The molecule has 33 heavy (non-hydrogen) atoms. The van der Waals surface area contributed by atoms with E-state index in [1.165, 1.54) is 6.07 Å². The first-order valence-electron chi connectivity index (χ1n) is 11.0. The number of aryl methyl sites for hydroxylation is 2. The van der Waals surface area contributed by atoms with E-state index in [4.69, 9.17) is 10.2 Å². The first-order chi connectivity index (χ1) is 15.3. The van der Waals surface area contributed by atoms with Gasteiger partial charge in [-0.25, -0.2) is 4.98 Å². The van der Waals surface area contributed by atoms with E-state index in [0.29, 0.717) is 13.0 Å². The summed E-state index contributed by atoms with van der Waals surface area (Å²) in [6.07, 6.45) is 6.43. The Balaban J connectivity index is 1.83. The maximum absolute atomic E-state index is 11.5. The molecule has 10 heteroatoms. The van der Waals surface area contributed by atoms with E-state index in [1.807, 2.05) is 17.7 Å². The van der Waals surface area contributed by atoms with E-state index >= 15 is 0 Å². The number of nitro benzene ring substituents is 1. The highest BCUT2D eigenvalue weighted by molar-refractivity contribution is 6.74. The Labute approximate surface area is 194 Å². The van der Waals surface area contributed by atoms with Gasteiger partial charge < -0.3 is 19.3 Å². The number of aromatic nitrogens is 3. The maximum Gasteiger partial charge on any atom is 0.271 e. The van der Waals surface area contributed by atoms with Crippen LogP contribution in [0.3, 0.4) is 0 Å². The molecule has 178 valence electrons. The van der Waals surface area contributed by atoms with Crippen LogP contribution in [0.4, 0.5) is 5.69 Å². The zero-order valence-electron chi connectivity index (χ0n) is 20.2. The number of fused-ring (bicyclic) bond motifs is 1. The molecule has 9 nitrogen and oxygen atoms in total. The predicted octanol–water partition coefficient (Wildman–Crippen LogP) is 5.15. The summed E-state index contributed by atoms with van der Waals surface area (Å²) in [4.78, 5) is 26.5. The summed E-state index contributed by atoms with van der Waals surface area (Å²) in [5.41, 5.74) is 7.61. The minimum Gasteiger partial charge on any atom is -0.397 e. The Morgan fingerprint density at radius 1 is 1.30 bits per heavy atom. The lowest BCUT2D eigenvalue weighted by Gasteiger charge is -2.39. The Bertz CT molecular complexity index is 1180. The van der Waals surface area contributed by atoms with Crippen LogP contribution in [-0.2, 0) is 11.0 Å². The van der Waals surface area contributed by atoms with Crippen molar-refractivity contribution in [2.75, 3.05) is 0 Å². The Morgan fingerprint density at radius 2 is 2.00 bits per heavy atom. The fraction of sp³-hybridized carbons (Fsp3) is 0.478. The molecule has 1 atom stereocenters. The molecule has 2 aromatic heterocycles. The van der Waals surface area contributed by atoms with Crippen molar-refractivity contribution in [1.29, 1.82) is 0 Å². The lowest BCUT2D eigenvalue weighted by molar-refractivity contribution is -0.384. The van der Waals surface area contributed by atoms with Gasteiger partial charge in [0.15, 0.2) is 8.32 Å². The van der Waals surface area contributed by atoms with Gasteiger partial charge in [-0.15, -0.1) is 0 Å². The van der Waals surface area contributed by atoms with Crippen molar-refractivity contribution < 1.29 is 14.1 Å². The van der Waals surface area contributed by atoms with Crippen LogP contribution in [-0.4, -0.2) is 33.3 Å². The maximum atomic E-state index is 11.5. The van der Waals surface area contributed by atoms with Gasteiger partial charge in [0.05, 0.1) is 16.8 Å². The molecular weight excluding hydrogens is 438 g/mol. The van der Waals surface area contributed by atoms with Gasteiger partial charge in [0.1, 0.15) is 11.9 Å². The van der Waals surface area contributed by atoms with Crippen LogP contribution in [0.5, 0.6) is 0 Å². The second kappa shape index (κ2) is 9.10. The topological polar surface area (TPSA) is 118 Å². The van der Waals surface area contributed by atoms with Gasteiger partial charge in [0, 0.05) is 36.5 Å². The highest BCUT2D eigenvalue weighted by Gasteiger charge is 2.39. The van der Waals surface area contributed by atoms with E-state index < -0.39 is 14.2 Å². The van der Waals surface area contributed by atoms with E-state index in [2.05, 4.69) is 43.4 Å². The SMILES string of the molecule is Cc1cn(CCCC(O[Si](C)(C)C(C)(C)C)n2cnc(C(N)=O)c2)c2cc([N+](=O)[O-])ccc12. The lowest BCUT2D eigenvalue weighted by Crippen LogP contribution is -2.42. The summed E-state index contributed by atoms with van der Waals surface area (Å²) in [6, 6.07) is 4.97. The average molecular weight is 472 g/mol.